The van der Waals surface area contributed by atoms with Crippen LogP contribution in [-0.2, 0) is 13.2 Å². The lowest BCUT2D eigenvalue weighted by Crippen LogP contribution is -2.02. The van der Waals surface area contributed by atoms with E-state index in [1.54, 1.807) is 13.3 Å². The molecule has 0 bridgehead atoms. The Morgan fingerprint density at radius 1 is 1.21 bits per heavy atom. The van der Waals surface area contributed by atoms with Crippen molar-refractivity contribution in [1.82, 2.24) is 4.98 Å². The van der Waals surface area contributed by atoms with Crippen LogP contribution in [0, 0.1) is 0 Å². The third-order valence-corrected chi connectivity index (χ3v) is 3.10. The molecule has 0 amide bonds. The molecule has 0 aliphatic heterocycles. The van der Waals surface area contributed by atoms with Crippen LogP contribution in [0.2, 0.25) is 0 Å². The average Bonchev–Trinajstić information content (AvgIpc) is 2.46. The van der Waals surface area contributed by atoms with Gasteiger partial charge in [-0.05, 0) is 45.8 Å². The molecule has 0 spiro atoms. The fourth-order valence-corrected chi connectivity index (χ4v) is 1.84. The van der Waals surface area contributed by atoms with Crippen molar-refractivity contribution >= 4 is 15.9 Å². The summed E-state index contributed by atoms with van der Waals surface area (Å²) in [6, 6.07) is 9.50. The van der Waals surface area contributed by atoms with Crippen molar-refractivity contribution in [2.45, 2.75) is 13.2 Å². The minimum absolute atomic E-state index is 0.387. The lowest BCUT2D eigenvalue weighted by atomic mass is 10.2. The SMILES string of the molecule is COc1ccc(CN)cc1OCc1ccc(Br)cn1. The van der Waals surface area contributed by atoms with E-state index in [2.05, 4.69) is 20.9 Å². The van der Waals surface area contributed by atoms with E-state index in [0.29, 0.717) is 24.7 Å². The molecule has 4 nitrogen and oxygen atoms in total. The number of nitrogens with zero attached hydrogens (tertiary/aromatic N) is 1. The number of halogens is 1. The van der Waals surface area contributed by atoms with E-state index >= 15 is 0 Å². The highest BCUT2D eigenvalue weighted by atomic mass is 79.9. The molecule has 2 N–H and O–H groups in total. The summed E-state index contributed by atoms with van der Waals surface area (Å²) in [5.74, 6) is 1.37. The van der Waals surface area contributed by atoms with E-state index in [-0.39, 0.29) is 0 Å². The van der Waals surface area contributed by atoms with Crippen molar-refractivity contribution in [2.75, 3.05) is 7.11 Å². The zero-order chi connectivity index (χ0) is 13.7. The minimum atomic E-state index is 0.387. The third kappa shape index (κ3) is 3.68. The average molecular weight is 323 g/mol. The molecule has 0 saturated carbocycles. The summed E-state index contributed by atoms with van der Waals surface area (Å²) in [6.07, 6.45) is 1.74. The normalized spacial score (nSPS) is 10.3. The minimum Gasteiger partial charge on any atom is -0.493 e. The van der Waals surface area contributed by atoms with Crippen LogP contribution in [0.1, 0.15) is 11.3 Å². The topological polar surface area (TPSA) is 57.4 Å². The van der Waals surface area contributed by atoms with Gasteiger partial charge in [-0.1, -0.05) is 6.07 Å². The van der Waals surface area contributed by atoms with Gasteiger partial charge in [0.15, 0.2) is 11.5 Å². The van der Waals surface area contributed by atoms with Crippen LogP contribution >= 0.6 is 15.9 Å². The molecule has 2 rings (SSSR count). The molecule has 1 heterocycles. The predicted octanol–water partition coefficient (Wildman–Crippen LogP) is 2.89. The van der Waals surface area contributed by atoms with Gasteiger partial charge in [0, 0.05) is 17.2 Å². The first kappa shape index (κ1) is 13.8. The molecule has 0 saturated heterocycles. The lowest BCUT2D eigenvalue weighted by Gasteiger charge is -2.11. The monoisotopic (exact) mass is 322 g/mol. The van der Waals surface area contributed by atoms with E-state index in [1.807, 2.05) is 30.3 Å². The van der Waals surface area contributed by atoms with Gasteiger partial charge in [-0.3, -0.25) is 4.98 Å². The van der Waals surface area contributed by atoms with E-state index < -0.39 is 0 Å². The van der Waals surface area contributed by atoms with E-state index in [1.165, 1.54) is 0 Å². The van der Waals surface area contributed by atoms with Gasteiger partial charge >= 0.3 is 0 Å². The molecule has 0 aliphatic rings. The first-order valence-electron chi connectivity index (χ1n) is 5.83. The molecule has 2 aromatic rings. The number of ether oxygens (including phenoxy) is 2. The molecular weight excluding hydrogens is 308 g/mol. The van der Waals surface area contributed by atoms with Gasteiger partial charge in [0.05, 0.1) is 12.8 Å². The Balaban J connectivity index is 2.11. The third-order valence-electron chi connectivity index (χ3n) is 2.63. The second kappa shape index (κ2) is 6.54. The number of benzene rings is 1. The predicted molar refractivity (Wildman–Crippen MR) is 77.2 cm³/mol. The van der Waals surface area contributed by atoms with Crippen molar-refractivity contribution in [2.24, 2.45) is 5.73 Å². The fraction of sp³-hybridized carbons (Fsp3) is 0.214. The molecule has 0 aliphatic carbocycles. The van der Waals surface area contributed by atoms with Gasteiger partial charge in [-0.2, -0.15) is 0 Å². The highest BCUT2D eigenvalue weighted by Crippen LogP contribution is 2.28. The van der Waals surface area contributed by atoms with E-state index in [0.717, 1.165) is 15.7 Å². The summed E-state index contributed by atoms with van der Waals surface area (Å²) in [5.41, 5.74) is 7.47. The molecule has 5 heteroatoms. The zero-order valence-corrected chi connectivity index (χ0v) is 12.2. The second-order valence-electron chi connectivity index (χ2n) is 3.95. The zero-order valence-electron chi connectivity index (χ0n) is 10.6. The first-order valence-corrected chi connectivity index (χ1v) is 6.62. The summed E-state index contributed by atoms with van der Waals surface area (Å²) in [6.45, 7) is 0.856. The first-order chi connectivity index (χ1) is 9.22. The van der Waals surface area contributed by atoms with Gasteiger partial charge in [-0.15, -0.1) is 0 Å². The highest BCUT2D eigenvalue weighted by molar-refractivity contribution is 9.10. The molecule has 0 atom stereocenters. The second-order valence-corrected chi connectivity index (χ2v) is 4.86. The summed E-state index contributed by atoms with van der Waals surface area (Å²) in [7, 11) is 1.61. The quantitative estimate of drug-likeness (QED) is 0.919. The summed E-state index contributed by atoms with van der Waals surface area (Å²) in [5, 5.41) is 0. The number of rotatable bonds is 5. The number of hydrogen-bond acceptors (Lipinski definition) is 4. The number of hydrogen-bond donors (Lipinski definition) is 1. The standard InChI is InChI=1S/C14H15BrN2O2/c1-18-13-5-2-10(7-16)6-14(13)19-9-12-4-3-11(15)8-17-12/h2-6,8H,7,9,16H2,1H3. The van der Waals surface area contributed by atoms with Gasteiger partial charge < -0.3 is 15.2 Å². The highest BCUT2D eigenvalue weighted by Gasteiger charge is 2.06. The summed E-state index contributed by atoms with van der Waals surface area (Å²) in [4.78, 5) is 4.25. The largest absolute Gasteiger partial charge is 0.493 e. The van der Waals surface area contributed by atoms with Crippen molar-refractivity contribution in [1.29, 1.82) is 0 Å². The van der Waals surface area contributed by atoms with Crippen LogP contribution < -0.4 is 15.2 Å². The van der Waals surface area contributed by atoms with Gasteiger partial charge in [-0.25, -0.2) is 0 Å². The number of aromatic nitrogens is 1. The van der Waals surface area contributed by atoms with Crippen LogP contribution in [-0.4, -0.2) is 12.1 Å². The van der Waals surface area contributed by atoms with Crippen LogP contribution in [0.4, 0.5) is 0 Å². The Morgan fingerprint density at radius 2 is 2.05 bits per heavy atom. The maximum atomic E-state index is 5.74. The van der Waals surface area contributed by atoms with Crippen molar-refractivity contribution in [3.63, 3.8) is 0 Å². The van der Waals surface area contributed by atoms with Gasteiger partial charge in [0.1, 0.15) is 6.61 Å². The number of methoxy groups -OCH3 is 1. The molecule has 100 valence electrons. The maximum absolute atomic E-state index is 5.74. The van der Waals surface area contributed by atoms with Crippen LogP contribution in [0.25, 0.3) is 0 Å². The fourth-order valence-electron chi connectivity index (χ4n) is 1.60. The number of pyridine rings is 1. The number of nitrogens with two attached hydrogens (primary N) is 1. The Kier molecular flexibility index (Phi) is 4.76. The Bertz CT molecular complexity index is 544. The Labute approximate surface area is 120 Å². The van der Waals surface area contributed by atoms with Crippen LogP contribution in [0.15, 0.2) is 41.0 Å². The molecule has 19 heavy (non-hydrogen) atoms. The van der Waals surface area contributed by atoms with Crippen molar-refractivity contribution in [3.05, 3.63) is 52.3 Å². The van der Waals surface area contributed by atoms with Crippen molar-refractivity contribution in [3.8, 4) is 11.5 Å². The van der Waals surface area contributed by atoms with Crippen molar-refractivity contribution < 1.29 is 9.47 Å². The maximum Gasteiger partial charge on any atom is 0.162 e. The van der Waals surface area contributed by atoms with E-state index in [4.69, 9.17) is 15.2 Å². The molecule has 1 aromatic heterocycles. The summed E-state index contributed by atoms with van der Waals surface area (Å²) < 4.78 is 11.9. The van der Waals surface area contributed by atoms with Crippen LogP contribution in [0.3, 0.4) is 0 Å². The Hall–Kier alpha value is -1.59. The smallest absolute Gasteiger partial charge is 0.162 e. The molecule has 0 fully saturated rings. The molecule has 1 aromatic carbocycles. The van der Waals surface area contributed by atoms with Crippen LogP contribution in [0.5, 0.6) is 11.5 Å². The molecular formula is C14H15BrN2O2. The van der Waals surface area contributed by atoms with Gasteiger partial charge in [0.2, 0.25) is 0 Å². The van der Waals surface area contributed by atoms with Gasteiger partial charge in [0.25, 0.3) is 0 Å². The van der Waals surface area contributed by atoms with E-state index in [9.17, 15) is 0 Å². The molecule has 0 unspecified atom stereocenters. The lowest BCUT2D eigenvalue weighted by molar-refractivity contribution is 0.280. The summed E-state index contributed by atoms with van der Waals surface area (Å²) >= 11 is 3.35. The Morgan fingerprint density at radius 3 is 2.68 bits per heavy atom. The molecule has 0 radical (unpaired) electrons.